The maximum absolute atomic E-state index is 11.8. The maximum atomic E-state index is 11.8. The number of hydrogen-bond acceptors (Lipinski definition) is 2. The number of likely N-dealkylation sites (N-methyl/N-ethyl adjacent to an activating group) is 1. The second kappa shape index (κ2) is 6.57. The number of aromatic nitrogens is 1. The number of benzene rings is 1. The zero-order valence-electron chi connectivity index (χ0n) is 12.5. The second-order valence-electron chi connectivity index (χ2n) is 5.30. The summed E-state index contributed by atoms with van der Waals surface area (Å²) in [5.41, 5.74) is 2.37. The summed E-state index contributed by atoms with van der Waals surface area (Å²) >= 11 is 0. The third-order valence-electron chi connectivity index (χ3n) is 3.40. The van der Waals surface area contributed by atoms with Crippen LogP contribution in [0.3, 0.4) is 0 Å². The van der Waals surface area contributed by atoms with E-state index in [0.29, 0.717) is 6.54 Å². The summed E-state index contributed by atoms with van der Waals surface area (Å²) in [5, 5.41) is 4.58. The highest BCUT2D eigenvalue weighted by molar-refractivity contribution is 5.83. The van der Waals surface area contributed by atoms with E-state index in [9.17, 15) is 4.79 Å². The Morgan fingerprint density at radius 2 is 2.10 bits per heavy atom. The van der Waals surface area contributed by atoms with Crippen molar-refractivity contribution >= 4 is 16.8 Å². The van der Waals surface area contributed by atoms with Gasteiger partial charge in [0.25, 0.3) is 0 Å². The van der Waals surface area contributed by atoms with Crippen LogP contribution in [0.15, 0.2) is 30.5 Å². The molecule has 0 spiro atoms. The van der Waals surface area contributed by atoms with Crippen molar-refractivity contribution in [3.8, 4) is 0 Å². The molecule has 20 heavy (non-hydrogen) atoms. The molecule has 4 nitrogen and oxygen atoms in total. The van der Waals surface area contributed by atoms with Crippen molar-refractivity contribution in [3.63, 3.8) is 0 Å². The smallest absolute Gasteiger partial charge is 0.241 e. The highest BCUT2D eigenvalue weighted by Gasteiger charge is 2.08. The van der Waals surface area contributed by atoms with E-state index in [1.54, 1.807) is 19.0 Å². The van der Waals surface area contributed by atoms with E-state index in [2.05, 4.69) is 36.5 Å². The van der Waals surface area contributed by atoms with Gasteiger partial charge in [-0.05, 0) is 36.0 Å². The average Bonchev–Trinajstić information content (AvgIpc) is 2.82. The summed E-state index contributed by atoms with van der Waals surface area (Å²) in [6.45, 7) is 4.45. The first-order valence-corrected chi connectivity index (χ1v) is 7.10. The molecule has 0 unspecified atom stereocenters. The van der Waals surface area contributed by atoms with Crippen LogP contribution < -0.4 is 5.32 Å². The van der Waals surface area contributed by atoms with E-state index in [-0.39, 0.29) is 5.91 Å². The van der Waals surface area contributed by atoms with Crippen molar-refractivity contribution in [1.29, 1.82) is 0 Å². The number of fused-ring (bicyclic) bond motifs is 1. The van der Waals surface area contributed by atoms with Gasteiger partial charge < -0.3 is 14.8 Å². The number of nitrogens with one attached hydrogen (secondary N) is 1. The standard InChI is InChI=1S/C16H23N3O/c1-4-8-17-11-13-5-6-14-7-9-19(15(14)10-13)12-16(20)18(2)3/h5-7,9-10,17H,4,8,11-12H2,1-3H3. The van der Waals surface area contributed by atoms with E-state index >= 15 is 0 Å². The molecular weight excluding hydrogens is 250 g/mol. The van der Waals surface area contributed by atoms with Crippen LogP contribution in [0.5, 0.6) is 0 Å². The normalized spacial score (nSPS) is 10.9. The quantitative estimate of drug-likeness (QED) is 0.820. The second-order valence-corrected chi connectivity index (χ2v) is 5.30. The van der Waals surface area contributed by atoms with Gasteiger partial charge in [-0.3, -0.25) is 4.79 Å². The van der Waals surface area contributed by atoms with Crippen molar-refractivity contribution < 1.29 is 4.79 Å². The Hall–Kier alpha value is -1.81. The molecule has 0 bridgehead atoms. The van der Waals surface area contributed by atoms with Crippen molar-refractivity contribution in [3.05, 3.63) is 36.0 Å². The molecule has 1 aromatic heterocycles. The van der Waals surface area contributed by atoms with Crippen LogP contribution >= 0.6 is 0 Å². The Kier molecular flexibility index (Phi) is 4.79. The lowest BCUT2D eigenvalue weighted by atomic mass is 10.1. The summed E-state index contributed by atoms with van der Waals surface area (Å²) in [7, 11) is 3.57. The first-order chi connectivity index (χ1) is 9.61. The molecule has 0 aliphatic rings. The minimum absolute atomic E-state index is 0.108. The van der Waals surface area contributed by atoms with Gasteiger partial charge in [-0.2, -0.15) is 0 Å². The lowest BCUT2D eigenvalue weighted by Crippen LogP contribution is -2.25. The third-order valence-corrected chi connectivity index (χ3v) is 3.40. The van der Waals surface area contributed by atoms with Gasteiger partial charge in [-0.1, -0.05) is 19.1 Å². The van der Waals surface area contributed by atoms with Gasteiger partial charge in [0.2, 0.25) is 5.91 Å². The van der Waals surface area contributed by atoms with E-state index in [1.807, 2.05) is 10.8 Å². The van der Waals surface area contributed by atoms with Crippen molar-refractivity contribution in [1.82, 2.24) is 14.8 Å². The first kappa shape index (κ1) is 14.6. The van der Waals surface area contributed by atoms with Gasteiger partial charge in [-0.15, -0.1) is 0 Å². The van der Waals surface area contributed by atoms with Gasteiger partial charge in [0, 0.05) is 32.4 Å². The molecule has 0 aliphatic carbocycles. The fraction of sp³-hybridized carbons (Fsp3) is 0.438. The molecule has 0 aliphatic heterocycles. The zero-order chi connectivity index (χ0) is 14.5. The SMILES string of the molecule is CCCNCc1ccc2ccn(CC(=O)N(C)C)c2c1. The molecule has 1 N–H and O–H groups in total. The molecule has 2 rings (SSSR count). The monoisotopic (exact) mass is 273 g/mol. The lowest BCUT2D eigenvalue weighted by molar-refractivity contribution is -0.129. The fourth-order valence-electron chi connectivity index (χ4n) is 2.17. The van der Waals surface area contributed by atoms with Gasteiger partial charge in [0.1, 0.15) is 6.54 Å². The van der Waals surface area contributed by atoms with Crippen LogP contribution in [0.4, 0.5) is 0 Å². The number of rotatable bonds is 6. The third kappa shape index (κ3) is 3.39. The molecule has 0 radical (unpaired) electrons. The Labute approximate surface area is 120 Å². The first-order valence-electron chi connectivity index (χ1n) is 7.10. The van der Waals surface area contributed by atoms with Crippen LogP contribution in [0, 0.1) is 0 Å². The number of carbonyl (C=O) groups excluding carboxylic acids is 1. The van der Waals surface area contributed by atoms with Crippen LogP contribution in [0.1, 0.15) is 18.9 Å². The predicted molar refractivity (Wildman–Crippen MR) is 82.6 cm³/mol. The molecule has 1 aromatic carbocycles. The van der Waals surface area contributed by atoms with E-state index in [0.717, 1.165) is 25.0 Å². The van der Waals surface area contributed by atoms with Crippen LogP contribution in [0.2, 0.25) is 0 Å². The number of carbonyl (C=O) groups is 1. The van der Waals surface area contributed by atoms with Crippen LogP contribution in [-0.4, -0.2) is 36.0 Å². The topological polar surface area (TPSA) is 37.3 Å². The number of amides is 1. The van der Waals surface area contributed by atoms with Gasteiger partial charge >= 0.3 is 0 Å². The summed E-state index contributed by atoms with van der Waals surface area (Å²) in [4.78, 5) is 13.5. The van der Waals surface area contributed by atoms with E-state index in [1.165, 1.54) is 10.9 Å². The zero-order valence-corrected chi connectivity index (χ0v) is 12.5. The summed E-state index contributed by atoms with van der Waals surface area (Å²) in [5.74, 6) is 0.108. The number of nitrogens with zero attached hydrogens (tertiary/aromatic N) is 2. The average molecular weight is 273 g/mol. The van der Waals surface area contributed by atoms with Gasteiger partial charge in [-0.25, -0.2) is 0 Å². The predicted octanol–water partition coefficient (Wildman–Crippen LogP) is 2.23. The minimum atomic E-state index is 0.108. The molecule has 4 heteroatoms. The highest BCUT2D eigenvalue weighted by Crippen LogP contribution is 2.18. The summed E-state index contributed by atoms with van der Waals surface area (Å²) in [6.07, 6.45) is 3.12. The molecule has 0 saturated carbocycles. The molecular formula is C16H23N3O. The molecule has 0 saturated heterocycles. The van der Waals surface area contributed by atoms with Crippen LogP contribution in [0.25, 0.3) is 10.9 Å². The summed E-state index contributed by atoms with van der Waals surface area (Å²) < 4.78 is 2.01. The molecule has 108 valence electrons. The molecule has 2 aromatic rings. The van der Waals surface area contributed by atoms with Crippen LogP contribution in [-0.2, 0) is 17.9 Å². The van der Waals surface area contributed by atoms with E-state index < -0.39 is 0 Å². The lowest BCUT2D eigenvalue weighted by Gasteiger charge is -2.12. The Morgan fingerprint density at radius 3 is 2.80 bits per heavy atom. The highest BCUT2D eigenvalue weighted by atomic mass is 16.2. The van der Waals surface area contributed by atoms with Crippen molar-refractivity contribution in [2.45, 2.75) is 26.4 Å². The Balaban J connectivity index is 2.19. The van der Waals surface area contributed by atoms with E-state index in [4.69, 9.17) is 0 Å². The fourth-order valence-corrected chi connectivity index (χ4v) is 2.17. The largest absolute Gasteiger partial charge is 0.347 e. The van der Waals surface area contributed by atoms with Crippen molar-refractivity contribution in [2.75, 3.05) is 20.6 Å². The molecule has 1 heterocycles. The summed E-state index contributed by atoms with van der Waals surface area (Å²) in [6, 6.07) is 8.49. The minimum Gasteiger partial charge on any atom is -0.347 e. The van der Waals surface area contributed by atoms with Gasteiger partial charge in [0.15, 0.2) is 0 Å². The Bertz CT molecular complexity index is 586. The van der Waals surface area contributed by atoms with Gasteiger partial charge in [0.05, 0.1) is 0 Å². The molecule has 1 amide bonds. The Morgan fingerprint density at radius 1 is 1.30 bits per heavy atom. The maximum Gasteiger partial charge on any atom is 0.241 e. The van der Waals surface area contributed by atoms with Crippen molar-refractivity contribution in [2.24, 2.45) is 0 Å². The molecule has 0 fully saturated rings. The number of hydrogen-bond donors (Lipinski definition) is 1. The molecule has 0 atom stereocenters.